The number of rotatable bonds is 5. The molecule has 1 N–H and O–H groups in total. The zero-order valence-electron chi connectivity index (χ0n) is 16.3. The highest BCUT2D eigenvalue weighted by Crippen LogP contribution is 2.38. The van der Waals surface area contributed by atoms with Crippen molar-refractivity contribution in [2.45, 2.75) is 26.6 Å². The van der Waals surface area contributed by atoms with E-state index in [0.717, 1.165) is 6.20 Å². The van der Waals surface area contributed by atoms with Crippen molar-refractivity contribution >= 4 is 5.82 Å². The number of ether oxygens (including phenoxy) is 1. The van der Waals surface area contributed by atoms with Crippen molar-refractivity contribution in [2.24, 2.45) is 0 Å². The van der Waals surface area contributed by atoms with Gasteiger partial charge in [-0.1, -0.05) is 13.8 Å². The Balaban J connectivity index is 0.00000166. The van der Waals surface area contributed by atoms with Crippen molar-refractivity contribution in [3.05, 3.63) is 83.1 Å². The molecule has 31 heavy (non-hydrogen) atoms. The average Bonchev–Trinajstić information content (AvgIpc) is 2.69. The van der Waals surface area contributed by atoms with Crippen LogP contribution in [0.3, 0.4) is 0 Å². The molecule has 0 saturated heterocycles. The molecule has 0 bridgehead atoms. The van der Waals surface area contributed by atoms with Crippen LogP contribution in [0.1, 0.15) is 25.0 Å². The molecule has 1 heterocycles. The molecule has 0 unspecified atom stereocenters. The summed E-state index contributed by atoms with van der Waals surface area (Å²) in [4.78, 5) is 3.85. The van der Waals surface area contributed by atoms with Gasteiger partial charge in [-0.2, -0.15) is 13.2 Å². The predicted molar refractivity (Wildman–Crippen MR) is 101 cm³/mol. The molecule has 0 spiro atoms. The lowest BCUT2D eigenvalue weighted by atomic mass is 10.2. The maximum absolute atomic E-state index is 13.6. The molecule has 0 fully saturated rings. The van der Waals surface area contributed by atoms with Crippen molar-refractivity contribution in [1.29, 1.82) is 0 Å². The summed E-state index contributed by atoms with van der Waals surface area (Å²) in [6.07, 6.45) is -3.70. The third kappa shape index (κ3) is 6.34. The van der Waals surface area contributed by atoms with Gasteiger partial charge in [-0.3, -0.25) is 0 Å². The zero-order valence-corrected chi connectivity index (χ0v) is 16.3. The van der Waals surface area contributed by atoms with Crippen LogP contribution in [0.2, 0.25) is 0 Å². The smallest absolute Gasteiger partial charge is 0.419 e. The molecule has 3 rings (SSSR count). The summed E-state index contributed by atoms with van der Waals surface area (Å²) < 4.78 is 97.4. The largest absolute Gasteiger partial charge is 0.455 e. The number of nitrogens with one attached hydrogen (secondary N) is 1. The second kappa shape index (κ2) is 10.1. The van der Waals surface area contributed by atoms with Crippen LogP contribution in [-0.2, 0) is 12.7 Å². The molecule has 0 radical (unpaired) electrons. The van der Waals surface area contributed by atoms with E-state index in [4.69, 9.17) is 4.74 Å². The number of anilines is 1. The van der Waals surface area contributed by atoms with Crippen LogP contribution in [0.5, 0.6) is 11.5 Å². The number of hydrogen-bond acceptors (Lipinski definition) is 3. The molecule has 1 aromatic heterocycles. The molecular formula is C21H17F7N2O. The van der Waals surface area contributed by atoms with Crippen molar-refractivity contribution in [3.63, 3.8) is 0 Å². The van der Waals surface area contributed by atoms with Crippen LogP contribution in [0.15, 0.2) is 48.7 Å². The van der Waals surface area contributed by atoms with E-state index < -0.39 is 46.3 Å². The third-order valence-electron chi connectivity index (χ3n) is 3.77. The molecule has 0 aliphatic rings. The van der Waals surface area contributed by atoms with Crippen LogP contribution in [-0.4, -0.2) is 4.98 Å². The highest BCUT2D eigenvalue weighted by atomic mass is 19.4. The average molecular weight is 446 g/mol. The summed E-state index contributed by atoms with van der Waals surface area (Å²) in [5.41, 5.74) is -1.58. The Morgan fingerprint density at radius 1 is 0.871 bits per heavy atom. The number of hydrogen-bond donors (Lipinski definition) is 1. The van der Waals surface area contributed by atoms with Gasteiger partial charge in [0.1, 0.15) is 40.6 Å². The van der Waals surface area contributed by atoms with E-state index in [9.17, 15) is 30.7 Å². The number of nitrogens with zero attached hydrogens (tertiary/aromatic N) is 1. The number of pyridine rings is 1. The first-order chi connectivity index (χ1) is 14.6. The Hall–Kier alpha value is -3.30. The van der Waals surface area contributed by atoms with E-state index in [1.54, 1.807) is 0 Å². The topological polar surface area (TPSA) is 34.1 Å². The standard InChI is InChI=1S/C19H11F7N2O.C2H6/c20-10-1-3-14(19(24,25)26)17(7-10)29-12-2-4-18(27-8-12)28-9-13-15(22)5-11(21)6-16(13)23;1-2/h1-8H,9H2,(H,27,28);1-2H3. The lowest BCUT2D eigenvalue weighted by molar-refractivity contribution is -0.138. The van der Waals surface area contributed by atoms with Crippen LogP contribution in [0.4, 0.5) is 36.6 Å². The molecule has 3 aromatic rings. The fraction of sp³-hybridized carbons (Fsp3) is 0.190. The first-order valence-corrected chi connectivity index (χ1v) is 9.01. The number of aromatic nitrogens is 1. The molecule has 0 aliphatic carbocycles. The molecule has 3 nitrogen and oxygen atoms in total. The number of halogens is 7. The zero-order chi connectivity index (χ0) is 23.2. The molecule has 0 atom stereocenters. The predicted octanol–water partition coefficient (Wildman–Crippen LogP) is 7.09. The maximum Gasteiger partial charge on any atom is 0.419 e. The summed E-state index contributed by atoms with van der Waals surface area (Å²) >= 11 is 0. The number of benzene rings is 2. The third-order valence-corrected chi connectivity index (χ3v) is 3.77. The minimum absolute atomic E-state index is 0.120. The quantitative estimate of drug-likeness (QED) is 0.425. The van der Waals surface area contributed by atoms with Crippen LogP contribution in [0, 0.1) is 23.3 Å². The van der Waals surface area contributed by atoms with Gasteiger partial charge in [-0.05, 0) is 24.3 Å². The Labute approximate surface area is 173 Å². The first-order valence-electron chi connectivity index (χ1n) is 9.01. The monoisotopic (exact) mass is 446 g/mol. The van der Waals surface area contributed by atoms with E-state index >= 15 is 0 Å². The van der Waals surface area contributed by atoms with E-state index in [0.29, 0.717) is 30.3 Å². The van der Waals surface area contributed by atoms with E-state index in [1.165, 1.54) is 12.1 Å². The van der Waals surface area contributed by atoms with Gasteiger partial charge in [-0.25, -0.2) is 22.5 Å². The lowest BCUT2D eigenvalue weighted by Gasteiger charge is -2.14. The Kier molecular flexibility index (Phi) is 7.84. The second-order valence-corrected chi connectivity index (χ2v) is 5.82. The Bertz CT molecular complexity index is 998. The molecule has 0 amide bonds. The van der Waals surface area contributed by atoms with Gasteiger partial charge >= 0.3 is 6.18 Å². The van der Waals surface area contributed by atoms with Crippen molar-refractivity contribution < 1.29 is 35.5 Å². The van der Waals surface area contributed by atoms with E-state index in [1.807, 2.05) is 13.8 Å². The molecule has 10 heteroatoms. The van der Waals surface area contributed by atoms with Crippen LogP contribution < -0.4 is 10.1 Å². The number of alkyl halides is 3. The summed E-state index contributed by atoms with van der Waals surface area (Å²) in [6.45, 7) is 3.65. The van der Waals surface area contributed by atoms with Crippen molar-refractivity contribution in [1.82, 2.24) is 4.98 Å². The maximum atomic E-state index is 13.6. The SMILES string of the molecule is CC.Fc1cc(F)c(CNc2ccc(Oc3cc(F)ccc3C(F)(F)F)cn2)c(F)c1. The van der Waals surface area contributed by atoms with Gasteiger partial charge in [0.2, 0.25) is 0 Å². The van der Waals surface area contributed by atoms with Gasteiger partial charge in [0.25, 0.3) is 0 Å². The normalized spacial score (nSPS) is 10.9. The van der Waals surface area contributed by atoms with Gasteiger partial charge in [0.05, 0.1) is 11.8 Å². The van der Waals surface area contributed by atoms with Gasteiger partial charge in [0.15, 0.2) is 0 Å². The highest BCUT2D eigenvalue weighted by Gasteiger charge is 2.34. The van der Waals surface area contributed by atoms with Crippen molar-refractivity contribution in [3.8, 4) is 11.5 Å². The van der Waals surface area contributed by atoms with Crippen LogP contribution >= 0.6 is 0 Å². The lowest BCUT2D eigenvalue weighted by Crippen LogP contribution is -2.08. The van der Waals surface area contributed by atoms with E-state index in [2.05, 4.69) is 10.3 Å². The second-order valence-electron chi connectivity index (χ2n) is 5.82. The first kappa shape index (κ1) is 24.0. The highest BCUT2D eigenvalue weighted by molar-refractivity contribution is 5.43. The summed E-state index contributed by atoms with van der Waals surface area (Å²) in [6, 6.07) is 5.38. The summed E-state index contributed by atoms with van der Waals surface area (Å²) in [7, 11) is 0. The Morgan fingerprint density at radius 2 is 1.52 bits per heavy atom. The molecular weight excluding hydrogens is 429 g/mol. The molecule has 0 aliphatic heterocycles. The molecule has 0 saturated carbocycles. The van der Waals surface area contributed by atoms with Crippen LogP contribution in [0.25, 0.3) is 0 Å². The van der Waals surface area contributed by atoms with Crippen molar-refractivity contribution in [2.75, 3.05) is 5.32 Å². The minimum Gasteiger partial charge on any atom is -0.455 e. The van der Waals surface area contributed by atoms with Gasteiger partial charge < -0.3 is 10.1 Å². The molecule has 2 aromatic carbocycles. The summed E-state index contributed by atoms with van der Waals surface area (Å²) in [5, 5.41) is 2.59. The fourth-order valence-corrected chi connectivity index (χ4v) is 2.41. The van der Waals surface area contributed by atoms with Gasteiger partial charge in [0, 0.05) is 30.3 Å². The molecule has 166 valence electrons. The van der Waals surface area contributed by atoms with Gasteiger partial charge in [-0.15, -0.1) is 0 Å². The minimum atomic E-state index is -4.75. The Morgan fingerprint density at radius 3 is 2.06 bits per heavy atom. The van der Waals surface area contributed by atoms with E-state index in [-0.39, 0.29) is 18.1 Å². The summed E-state index contributed by atoms with van der Waals surface area (Å²) in [5.74, 6) is -4.87. The fourth-order valence-electron chi connectivity index (χ4n) is 2.41.